The Hall–Kier alpha value is -1.03. The van der Waals surface area contributed by atoms with Crippen LogP contribution < -0.4 is 4.90 Å². The van der Waals surface area contributed by atoms with Crippen LogP contribution in [0.25, 0.3) is 0 Å². The van der Waals surface area contributed by atoms with Crippen molar-refractivity contribution < 1.29 is 9.90 Å². The Balaban J connectivity index is 2.68. The molecule has 0 saturated carbocycles. The number of anilines is 1. The van der Waals surface area contributed by atoms with Gasteiger partial charge in [0.15, 0.2) is 0 Å². The van der Waals surface area contributed by atoms with Crippen molar-refractivity contribution in [1.29, 1.82) is 0 Å². The van der Waals surface area contributed by atoms with Gasteiger partial charge in [-0.1, -0.05) is 28.1 Å². The van der Waals surface area contributed by atoms with E-state index in [1.165, 1.54) is 0 Å². The molecule has 0 fully saturated rings. The zero-order valence-electron chi connectivity index (χ0n) is 8.77. The molecule has 3 nitrogen and oxygen atoms in total. The van der Waals surface area contributed by atoms with Gasteiger partial charge in [0, 0.05) is 19.8 Å². The smallest absolute Gasteiger partial charge is 0.317 e. The first kappa shape index (κ1) is 12.0. The Morgan fingerprint density at radius 3 is 2.33 bits per heavy atom. The van der Waals surface area contributed by atoms with Crippen LogP contribution in [0.1, 0.15) is 5.56 Å². The average molecular weight is 272 g/mol. The molecule has 1 rings (SSSR count). The fourth-order valence-electron chi connectivity index (χ4n) is 1.22. The normalized spacial score (nSPS) is 12.2. The number of carboxylic acid groups (broad SMARTS) is 1. The number of alkyl halides is 1. The molecule has 1 atom stereocenters. The Bertz CT molecular complexity index is 335. The SMILES string of the molecule is CN(C)c1ccc(CC(Br)C(=O)O)cc1. The highest BCUT2D eigenvalue weighted by Crippen LogP contribution is 2.15. The number of hydrogen-bond donors (Lipinski definition) is 1. The van der Waals surface area contributed by atoms with Crippen molar-refractivity contribution in [2.24, 2.45) is 0 Å². The van der Waals surface area contributed by atoms with Crippen LogP contribution in [0.4, 0.5) is 5.69 Å². The van der Waals surface area contributed by atoms with E-state index in [0.717, 1.165) is 11.3 Å². The van der Waals surface area contributed by atoms with Crippen LogP contribution in [0.2, 0.25) is 0 Å². The van der Waals surface area contributed by atoms with Crippen molar-refractivity contribution in [3.63, 3.8) is 0 Å². The largest absolute Gasteiger partial charge is 0.480 e. The van der Waals surface area contributed by atoms with Gasteiger partial charge in [-0.15, -0.1) is 0 Å². The molecule has 0 bridgehead atoms. The second-order valence-corrected chi connectivity index (χ2v) is 4.68. The number of hydrogen-bond acceptors (Lipinski definition) is 2. The monoisotopic (exact) mass is 271 g/mol. The van der Waals surface area contributed by atoms with Crippen molar-refractivity contribution >= 4 is 27.6 Å². The molecule has 0 aliphatic rings. The minimum absolute atomic E-state index is 0.503. The number of carboxylic acids is 1. The number of aliphatic carboxylic acids is 1. The molecular formula is C11H14BrNO2. The molecule has 0 radical (unpaired) electrons. The third-order valence-corrected chi connectivity index (χ3v) is 2.85. The Morgan fingerprint density at radius 2 is 1.93 bits per heavy atom. The summed E-state index contributed by atoms with van der Waals surface area (Å²) in [7, 11) is 3.94. The third kappa shape index (κ3) is 3.55. The van der Waals surface area contributed by atoms with Crippen molar-refractivity contribution in [1.82, 2.24) is 0 Å². The molecule has 0 amide bonds. The Labute approximate surface area is 97.8 Å². The van der Waals surface area contributed by atoms with Crippen molar-refractivity contribution in [3.8, 4) is 0 Å². The van der Waals surface area contributed by atoms with Crippen LogP contribution in [0.3, 0.4) is 0 Å². The van der Waals surface area contributed by atoms with E-state index in [9.17, 15) is 4.79 Å². The number of rotatable bonds is 4. The van der Waals surface area contributed by atoms with E-state index >= 15 is 0 Å². The molecule has 0 spiro atoms. The summed E-state index contributed by atoms with van der Waals surface area (Å²) in [6, 6.07) is 7.87. The predicted molar refractivity (Wildman–Crippen MR) is 64.8 cm³/mol. The molecule has 1 unspecified atom stereocenters. The molecule has 0 aliphatic carbocycles. The summed E-state index contributed by atoms with van der Waals surface area (Å²) >= 11 is 3.12. The summed E-state index contributed by atoms with van der Waals surface area (Å²) in [5.41, 5.74) is 2.13. The lowest BCUT2D eigenvalue weighted by molar-refractivity contribution is -0.136. The van der Waals surface area contributed by atoms with Gasteiger partial charge < -0.3 is 10.0 Å². The summed E-state index contributed by atoms with van der Waals surface area (Å²) in [4.78, 5) is 12.1. The molecule has 82 valence electrons. The van der Waals surface area contributed by atoms with Gasteiger partial charge in [-0.25, -0.2) is 0 Å². The molecule has 0 aromatic heterocycles. The van der Waals surface area contributed by atoms with Crippen molar-refractivity contribution in [2.75, 3.05) is 19.0 Å². The molecule has 0 heterocycles. The third-order valence-electron chi connectivity index (χ3n) is 2.14. The number of nitrogens with zero attached hydrogens (tertiary/aromatic N) is 1. The summed E-state index contributed by atoms with van der Waals surface area (Å²) in [6.45, 7) is 0. The average Bonchev–Trinajstić information content (AvgIpc) is 2.18. The molecule has 1 N–H and O–H groups in total. The van der Waals surface area contributed by atoms with E-state index in [2.05, 4.69) is 15.9 Å². The van der Waals surface area contributed by atoms with E-state index in [1.54, 1.807) is 0 Å². The second kappa shape index (κ2) is 5.16. The number of carbonyl (C=O) groups is 1. The van der Waals surface area contributed by atoms with Gasteiger partial charge in [0.2, 0.25) is 0 Å². The van der Waals surface area contributed by atoms with Crippen LogP contribution in [0.15, 0.2) is 24.3 Å². The van der Waals surface area contributed by atoms with Crippen LogP contribution >= 0.6 is 15.9 Å². The molecule has 1 aromatic carbocycles. The first-order chi connectivity index (χ1) is 7.00. The van der Waals surface area contributed by atoms with Gasteiger partial charge >= 0.3 is 5.97 Å². The van der Waals surface area contributed by atoms with E-state index in [4.69, 9.17) is 5.11 Å². The molecule has 0 aliphatic heterocycles. The maximum absolute atomic E-state index is 10.6. The summed E-state index contributed by atoms with van der Waals surface area (Å²) in [6.07, 6.45) is 0.503. The highest BCUT2D eigenvalue weighted by Gasteiger charge is 2.13. The molecule has 15 heavy (non-hydrogen) atoms. The van der Waals surface area contributed by atoms with Gasteiger partial charge in [-0.05, 0) is 24.1 Å². The van der Waals surface area contributed by atoms with Gasteiger partial charge in [-0.3, -0.25) is 4.79 Å². The molecule has 4 heteroatoms. The Kier molecular flexibility index (Phi) is 4.15. The lowest BCUT2D eigenvalue weighted by Crippen LogP contribution is -2.15. The minimum atomic E-state index is -0.827. The molecule has 0 saturated heterocycles. The molecular weight excluding hydrogens is 258 g/mol. The molecule has 1 aromatic rings. The predicted octanol–water partition coefficient (Wildman–Crippen LogP) is 2.14. The van der Waals surface area contributed by atoms with Crippen LogP contribution in [-0.4, -0.2) is 30.0 Å². The van der Waals surface area contributed by atoms with Gasteiger partial charge in [0.1, 0.15) is 4.83 Å². The summed E-state index contributed by atoms with van der Waals surface area (Å²) in [5.74, 6) is -0.827. The highest BCUT2D eigenvalue weighted by atomic mass is 79.9. The van der Waals surface area contributed by atoms with E-state index < -0.39 is 10.8 Å². The van der Waals surface area contributed by atoms with Crippen LogP contribution in [0.5, 0.6) is 0 Å². The standard InChI is InChI=1S/C11H14BrNO2/c1-13(2)9-5-3-8(4-6-9)7-10(12)11(14)15/h3-6,10H,7H2,1-2H3,(H,14,15). The fraction of sp³-hybridized carbons (Fsp3) is 0.364. The highest BCUT2D eigenvalue weighted by molar-refractivity contribution is 9.10. The van der Waals surface area contributed by atoms with Gasteiger partial charge in [-0.2, -0.15) is 0 Å². The Morgan fingerprint density at radius 1 is 1.40 bits per heavy atom. The lowest BCUT2D eigenvalue weighted by atomic mass is 10.1. The lowest BCUT2D eigenvalue weighted by Gasteiger charge is -2.13. The van der Waals surface area contributed by atoms with E-state index in [1.807, 2.05) is 43.3 Å². The van der Waals surface area contributed by atoms with Crippen molar-refractivity contribution in [2.45, 2.75) is 11.2 Å². The second-order valence-electron chi connectivity index (χ2n) is 3.57. The maximum Gasteiger partial charge on any atom is 0.317 e. The fourth-order valence-corrected chi connectivity index (χ4v) is 1.60. The van der Waals surface area contributed by atoms with E-state index in [0.29, 0.717) is 6.42 Å². The zero-order chi connectivity index (χ0) is 11.4. The first-order valence-corrected chi connectivity index (χ1v) is 5.55. The van der Waals surface area contributed by atoms with Crippen molar-refractivity contribution in [3.05, 3.63) is 29.8 Å². The van der Waals surface area contributed by atoms with E-state index in [-0.39, 0.29) is 0 Å². The first-order valence-electron chi connectivity index (χ1n) is 4.64. The topological polar surface area (TPSA) is 40.5 Å². The number of halogens is 1. The van der Waals surface area contributed by atoms with Crippen LogP contribution in [-0.2, 0) is 11.2 Å². The van der Waals surface area contributed by atoms with Crippen LogP contribution in [0, 0.1) is 0 Å². The van der Waals surface area contributed by atoms with Gasteiger partial charge in [0.25, 0.3) is 0 Å². The zero-order valence-corrected chi connectivity index (χ0v) is 10.4. The van der Waals surface area contributed by atoms with Gasteiger partial charge in [0.05, 0.1) is 0 Å². The maximum atomic E-state index is 10.6. The quantitative estimate of drug-likeness (QED) is 0.854. The minimum Gasteiger partial charge on any atom is -0.480 e. The summed E-state index contributed by atoms with van der Waals surface area (Å²) in [5, 5.41) is 8.73. The number of benzene rings is 1. The summed E-state index contributed by atoms with van der Waals surface area (Å²) < 4.78 is 0.